The Morgan fingerprint density at radius 3 is 2.04 bits per heavy atom. The van der Waals surface area contributed by atoms with Gasteiger partial charge in [-0.3, -0.25) is 19.5 Å². The van der Waals surface area contributed by atoms with Gasteiger partial charge in [-0.05, 0) is 72.9 Å². The molecule has 10 nitrogen and oxygen atoms in total. The first-order valence-corrected chi connectivity index (χ1v) is 16.0. The quantitative estimate of drug-likeness (QED) is 0.0990. The van der Waals surface area contributed by atoms with E-state index in [-0.39, 0.29) is 30.1 Å². The summed E-state index contributed by atoms with van der Waals surface area (Å²) in [4.78, 5) is 45.0. The molecule has 0 radical (unpaired) electrons. The summed E-state index contributed by atoms with van der Waals surface area (Å²) < 4.78 is 0. The molecule has 1 aromatic heterocycles. The highest BCUT2D eigenvalue weighted by molar-refractivity contribution is 6.03. The van der Waals surface area contributed by atoms with Crippen LogP contribution >= 0.6 is 0 Å². The number of nitrogen functional groups attached to an aromatic ring is 1. The molecule has 0 fully saturated rings. The lowest BCUT2D eigenvalue weighted by atomic mass is 9.93. The lowest BCUT2D eigenvalue weighted by Crippen LogP contribution is -2.48. The number of nitrogens with one attached hydrogen (secondary N) is 2. The summed E-state index contributed by atoms with van der Waals surface area (Å²) in [6, 6.07) is 36.1. The monoisotopic (exact) mass is 657 g/mol. The van der Waals surface area contributed by atoms with E-state index < -0.39 is 30.2 Å². The molecule has 0 aliphatic rings. The predicted octanol–water partition coefficient (Wildman–Crippen LogP) is 5.48. The summed E-state index contributed by atoms with van der Waals surface area (Å²) in [6.07, 6.45) is 0.0795. The average Bonchev–Trinajstić information content (AvgIpc) is 3.11. The van der Waals surface area contributed by atoms with Crippen molar-refractivity contribution in [2.24, 2.45) is 0 Å². The second-order valence-electron chi connectivity index (χ2n) is 11.8. The number of carboxylic acid groups (broad SMARTS) is 1. The summed E-state index contributed by atoms with van der Waals surface area (Å²) in [5.74, 6) is -0.883. The number of benzene rings is 4. The van der Waals surface area contributed by atoms with Crippen LogP contribution in [0, 0.1) is 0 Å². The molecule has 250 valence electrons. The van der Waals surface area contributed by atoms with Gasteiger partial charge in [0.25, 0.3) is 11.8 Å². The standard InChI is InChI=1S/C39H39N5O5/c40-30-17-11-16-29(24-30)37(46)43-34(23-28-14-5-2-6-15-28)36(45)25-32(22-27-12-3-1-4-13-27)42-38(47)33-19-7-8-20-35(33)44(39(48)49)26-31-18-9-10-21-41-31/h1-21,24,32,34,36,45H,22-23,25-26,40H2,(H,42,47)(H,43,46)(H,48,49)/t32-,34-,36-/m0/s1. The highest BCUT2D eigenvalue weighted by Gasteiger charge is 2.28. The van der Waals surface area contributed by atoms with Gasteiger partial charge in [0.15, 0.2) is 0 Å². The van der Waals surface area contributed by atoms with Crippen LogP contribution in [-0.4, -0.2) is 51.3 Å². The number of aliphatic hydroxyl groups excluding tert-OH is 1. The van der Waals surface area contributed by atoms with Crippen molar-refractivity contribution in [2.75, 3.05) is 10.6 Å². The van der Waals surface area contributed by atoms with Gasteiger partial charge in [0.1, 0.15) is 0 Å². The normalized spacial score (nSPS) is 12.7. The molecule has 5 rings (SSSR count). The highest BCUT2D eigenvalue weighted by atomic mass is 16.4. The van der Waals surface area contributed by atoms with E-state index in [9.17, 15) is 24.6 Å². The third-order valence-electron chi connectivity index (χ3n) is 8.13. The molecular weight excluding hydrogens is 618 g/mol. The maximum absolute atomic E-state index is 14.0. The summed E-state index contributed by atoms with van der Waals surface area (Å²) >= 11 is 0. The number of para-hydroxylation sites is 1. The number of anilines is 2. The number of carbonyl (C=O) groups is 3. The van der Waals surface area contributed by atoms with E-state index in [0.29, 0.717) is 29.8 Å². The fourth-order valence-corrected chi connectivity index (χ4v) is 5.70. The summed E-state index contributed by atoms with van der Waals surface area (Å²) in [6.45, 7) is -0.0550. The van der Waals surface area contributed by atoms with E-state index >= 15 is 0 Å². The lowest BCUT2D eigenvalue weighted by Gasteiger charge is -2.29. The minimum atomic E-state index is -1.23. The molecule has 3 amide bonds. The summed E-state index contributed by atoms with van der Waals surface area (Å²) in [5.41, 5.74) is 9.46. The lowest BCUT2D eigenvalue weighted by molar-refractivity contribution is 0.0755. The number of rotatable bonds is 14. The van der Waals surface area contributed by atoms with Gasteiger partial charge in [0, 0.05) is 23.5 Å². The minimum absolute atomic E-state index is 0.0550. The van der Waals surface area contributed by atoms with Crippen molar-refractivity contribution in [1.82, 2.24) is 15.6 Å². The largest absolute Gasteiger partial charge is 0.465 e. The third kappa shape index (κ3) is 9.75. The molecule has 0 aliphatic carbocycles. The molecule has 0 saturated carbocycles. The number of pyridine rings is 1. The third-order valence-corrected chi connectivity index (χ3v) is 8.13. The van der Waals surface area contributed by atoms with Crippen LogP contribution < -0.4 is 21.3 Å². The Kier molecular flexibility index (Phi) is 11.7. The van der Waals surface area contributed by atoms with E-state index in [1.54, 1.807) is 72.9 Å². The highest BCUT2D eigenvalue weighted by Crippen LogP contribution is 2.24. The van der Waals surface area contributed by atoms with Crippen LogP contribution in [0.25, 0.3) is 0 Å². The number of carbonyl (C=O) groups excluding carboxylic acids is 2. The molecule has 6 N–H and O–H groups in total. The molecule has 0 spiro atoms. The summed E-state index contributed by atoms with van der Waals surface area (Å²) in [7, 11) is 0. The number of nitrogens with two attached hydrogens (primary N) is 1. The topological polar surface area (TPSA) is 158 Å². The zero-order chi connectivity index (χ0) is 34.6. The number of hydrogen-bond acceptors (Lipinski definition) is 6. The molecule has 0 aliphatic heterocycles. The minimum Gasteiger partial charge on any atom is -0.465 e. The SMILES string of the molecule is Nc1cccc(C(=O)N[C@@H](Cc2ccccc2)[C@@H](O)C[C@H](Cc2ccccc2)NC(=O)c2ccccc2N(Cc2ccccn2)C(=O)O)c1. The smallest absolute Gasteiger partial charge is 0.412 e. The van der Waals surface area contributed by atoms with Gasteiger partial charge in [0.05, 0.1) is 35.6 Å². The Morgan fingerprint density at radius 1 is 0.735 bits per heavy atom. The van der Waals surface area contributed by atoms with E-state index in [1.807, 2.05) is 60.7 Å². The Bertz CT molecular complexity index is 1840. The van der Waals surface area contributed by atoms with Crippen LogP contribution in [0.1, 0.15) is 44.0 Å². The molecular formula is C39H39N5O5. The molecule has 1 heterocycles. The Hall–Kier alpha value is -6.00. The van der Waals surface area contributed by atoms with Gasteiger partial charge >= 0.3 is 6.09 Å². The van der Waals surface area contributed by atoms with Crippen LogP contribution in [0.5, 0.6) is 0 Å². The van der Waals surface area contributed by atoms with Gasteiger partial charge in [-0.1, -0.05) is 84.9 Å². The first-order chi connectivity index (χ1) is 23.8. The average molecular weight is 658 g/mol. The molecule has 10 heteroatoms. The van der Waals surface area contributed by atoms with E-state index in [1.165, 1.54) is 0 Å². The summed E-state index contributed by atoms with van der Waals surface area (Å²) in [5, 5.41) is 27.9. The first kappa shape index (κ1) is 34.3. The van der Waals surface area contributed by atoms with Crippen molar-refractivity contribution in [2.45, 2.75) is 44.0 Å². The van der Waals surface area contributed by atoms with Gasteiger partial charge in [0.2, 0.25) is 0 Å². The zero-order valence-corrected chi connectivity index (χ0v) is 26.9. The van der Waals surface area contributed by atoms with Crippen molar-refractivity contribution in [3.05, 3.63) is 162 Å². The maximum atomic E-state index is 14.0. The van der Waals surface area contributed by atoms with Crippen molar-refractivity contribution >= 4 is 29.3 Å². The van der Waals surface area contributed by atoms with Crippen molar-refractivity contribution < 1.29 is 24.6 Å². The molecule has 0 saturated heterocycles. The maximum Gasteiger partial charge on any atom is 0.412 e. The fraction of sp³-hybridized carbons (Fsp3) is 0.179. The number of aliphatic hydroxyl groups is 1. The molecule has 3 atom stereocenters. The van der Waals surface area contributed by atoms with Crippen LogP contribution in [-0.2, 0) is 19.4 Å². The van der Waals surface area contributed by atoms with Crippen LogP contribution in [0.15, 0.2) is 134 Å². The number of nitrogens with zero attached hydrogens (tertiary/aromatic N) is 2. The van der Waals surface area contributed by atoms with Gasteiger partial charge in [-0.25, -0.2) is 4.79 Å². The fourth-order valence-electron chi connectivity index (χ4n) is 5.70. The zero-order valence-electron chi connectivity index (χ0n) is 26.9. The number of amides is 3. The van der Waals surface area contributed by atoms with Gasteiger partial charge in [-0.2, -0.15) is 0 Å². The van der Waals surface area contributed by atoms with Gasteiger partial charge < -0.3 is 26.6 Å². The Labute approximate surface area is 285 Å². The Morgan fingerprint density at radius 2 is 1.39 bits per heavy atom. The number of hydrogen-bond donors (Lipinski definition) is 5. The second-order valence-corrected chi connectivity index (χ2v) is 11.8. The molecule has 5 aromatic rings. The van der Waals surface area contributed by atoms with E-state index in [0.717, 1.165) is 16.0 Å². The van der Waals surface area contributed by atoms with Crippen molar-refractivity contribution in [1.29, 1.82) is 0 Å². The predicted molar refractivity (Wildman–Crippen MR) is 189 cm³/mol. The van der Waals surface area contributed by atoms with Crippen LogP contribution in [0.3, 0.4) is 0 Å². The van der Waals surface area contributed by atoms with Crippen LogP contribution in [0.2, 0.25) is 0 Å². The van der Waals surface area contributed by atoms with Gasteiger partial charge in [-0.15, -0.1) is 0 Å². The van der Waals surface area contributed by atoms with E-state index in [2.05, 4.69) is 15.6 Å². The second kappa shape index (κ2) is 16.7. The molecule has 0 unspecified atom stereocenters. The van der Waals surface area contributed by atoms with Crippen LogP contribution in [0.4, 0.5) is 16.2 Å². The van der Waals surface area contributed by atoms with Crippen molar-refractivity contribution in [3.63, 3.8) is 0 Å². The number of aromatic nitrogens is 1. The van der Waals surface area contributed by atoms with Crippen molar-refractivity contribution in [3.8, 4) is 0 Å². The molecule has 49 heavy (non-hydrogen) atoms. The van der Waals surface area contributed by atoms with E-state index in [4.69, 9.17) is 5.73 Å². The Balaban J connectivity index is 1.41. The molecule has 0 bridgehead atoms. The molecule has 4 aromatic carbocycles. The first-order valence-electron chi connectivity index (χ1n) is 16.0.